The number of aliphatic hydroxyl groups is 1. The van der Waals surface area contributed by atoms with Gasteiger partial charge in [-0.1, -0.05) is 6.42 Å². The van der Waals surface area contributed by atoms with Crippen LogP contribution in [0.25, 0.3) is 0 Å². The van der Waals surface area contributed by atoms with Crippen molar-refractivity contribution in [2.24, 2.45) is 5.92 Å². The third-order valence-corrected chi connectivity index (χ3v) is 5.95. The Morgan fingerprint density at radius 1 is 1.24 bits per heavy atom. The van der Waals surface area contributed by atoms with Crippen molar-refractivity contribution < 1.29 is 13.5 Å². The lowest BCUT2D eigenvalue weighted by atomic mass is 9.79. The normalized spacial score (nSPS) is 34.6. The summed E-state index contributed by atoms with van der Waals surface area (Å²) in [5, 5.41) is 13.0. The summed E-state index contributed by atoms with van der Waals surface area (Å²) in [6.45, 7) is 1.15. The molecule has 2 aliphatic heterocycles. The predicted octanol–water partition coefficient (Wildman–Crippen LogP) is 0.706. The first kappa shape index (κ1) is 13.3. The first-order valence-electron chi connectivity index (χ1n) is 6.62. The average molecular weight is 261 g/mol. The first-order chi connectivity index (χ1) is 8.05. The van der Waals surface area contributed by atoms with E-state index >= 15 is 0 Å². The third-order valence-electron chi connectivity index (χ3n) is 4.24. The molecule has 2 saturated heterocycles. The van der Waals surface area contributed by atoms with Crippen molar-refractivity contribution in [1.82, 2.24) is 5.32 Å². The summed E-state index contributed by atoms with van der Waals surface area (Å²) >= 11 is 0. The highest BCUT2D eigenvalue weighted by molar-refractivity contribution is 7.91. The van der Waals surface area contributed by atoms with Crippen LogP contribution in [0.3, 0.4) is 0 Å². The summed E-state index contributed by atoms with van der Waals surface area (Å²) < 4.78 is 22.7. The van der Waals surface area contributed by atoms with Crippen LogP contribution in [-0.4, -0.2) is 43.7 Å². The Balaban J connectivity index is 1.91. The molecule has 0 saturated carbocycles. The van der Waals surface area contributed by atoms with Gasteiger partial charge in [-0.05, 0) is 44.6 Å². The van der Waals surface area contributed by atoms with Crippen LogP contribution in [0.5, 0.6) is 0 Å². The van der Waals surface area contributed by atoms with E-state index in [1.807, 2.05) is 0 Å². The zero-order chi connectivity index (χ0) is 12.4. The summed E-state index contributed by atoms with van der Waals surface area (Å²) in [7, 11) is -2.77. The minimum Gasteiger partial charge on any atom is -0.394 e. The van der Waals surface area contributed by atoms with Gasteiger partial charge in [0, 0.05) is 5.54 Å². The van der Waals surface area contributed by atoms with Crippen molar-refractivity contribution in [3.05, 3.63) is 0 Å². The number of nitrogens with one attached hydrogen (secondary N) is 1. The van der Waals surface area contributed by atoms with E-state index in [-0.39, 0.29) is 12.1 Å². The standard InChI is InChI=1S/C12H23NO3S/c14-10-12(5-1-2-6-13-12)9-11-3-7-17(15,16)8-4-11/h11,13-14H,1-10H2. The molecule has 2 N–H and O–H groups in total. The topological polar surface area (TPSA) is 66.4 Å². The monoisotopic (exact) mass is 261 g/mol. The van der Waals surface area contributed by atoms with E-state index in [0.29, 0.717) is 17.4 Å². The molecule has 0 amide bonds. The van der Waals surface area contributed by atoms with Crippen LogP contribution in [-0.2, 0) is 9.84 Å². The maximum Gasteiger partial charge on any atom is 0.150 e. The number of aliphatic hydroxyl groups excluding tert-OH is 1. The van der Waals surface area contributed by atoms with Crippen molar-refractivity contribution in [2.75, 3.05) is 24.7 Å². The van der Waals surface area contributed by atoms with Crippen LogP contribution in [0, 0.1) is 5.92 Å². The van der Waals surface area contributed by atoms with Gasteiger partial charge in [0.05, 0.1) is 18.1 Å². The van der Waals surface area contributed by atoms with Crippen LogP contribution < -0.4 is 5.32 Å². The minimum atomic E-state index is -2.77. The highest BCUT2D eigenvalue weighted by Gasteiger charge is 2.35. The van der Waals surface area contributed by atoms with Gasteiger partial charge in [-0.3, -0.25) is 0 Å². The molecule has 0 bridgehead atoms. The van der Waals surface area contributed by atoms with Gasteiger partial charge < -0.3 is 10.4 Å². The summed E-state index contributed by atoms with van der Waals surface area (Å²) in [5.74, 6) is 1.12. The smallest absolute Gasteiger partial charge is 0.150 e. The molecule has 17 heavy (non-hydrogen) atoms. The van der Waals surface area contributed by atoms with Crippen molar-refractivity contribution >= 4 is 9.84 Å². The molecule has 1 unspecified atom stereocenters. The van der Waals surface area contributed by atoms with Crippen molar-refractivity contribution in [1.29, 1.82) is 0 Å². The van der Waals surface area contributed by atoms with Crippen LogP contribution in [0.4, 0.5) is 0 Å². The number of hydrogen-bond donors (Lipinski definition) is 2. The zero-order valence-corrected chi connectivity index (χ0v) is 11.1. The van der Waals surface area contributed by atoms with E-state index in [4.69, 9.17) is 0 Å². The van der Waals surface area contributed by atoms with Crippen LogP contribution >= 0.6 is 0 Å². The largest absolute Gasteiger partial charge is 0.394 e. The summed E-state index contributed by atoms with van der Waals surface area (Å²) in [5.41, 5.74) is -0.135. The lowest BCUT2D eigenvalue weighted by Crippen LogP contribution is -2.53. The molecule has 0 radical (unpaired) electrons. The van der Waals surface area contributed by atoms with E-state index in [0.717, 1.165) is 32.2 Å². The van der Waals surface area contributed by atoms with E-state index in [2.05, 4.69) is 5.32 Å². The first-order valence-corrected chi connectivity index (χ1v) is 8.44. The Morgan fingerprint density at radius 3 is 2.47 bits per heavy atom. The third kappa shape index (κ3) is 3.42. The van der Waals surface area contributed by atoms with Crippen molar-refractivity contribution in [3.63, 3.8) is 0 Å². The second-order valence-electron chi connectivity index (χ2n) is 5.62. The van der Waals surface area contributed by atoms with E-state index in [1.165, 1.54) is 12.8 Å². The SMILES string of the molecule is O=S1(=O)CCC(CC2(CO)CCCCN2)CC1. The van der Waals surface area contributed by atoms with Crippen LogP contribution in [0.15, 0.2) is 0 Å². The Kier molecular flexibility index (Phi) is 4.10. The fourth-order valence-electron chi connectivity index (χ4n) is 3.10. The molecule has 0 spiro atoms. The highest BCUT2D eigenvalue weighted by Crippen LogP contribution is 2.31. The van der Waals surface area contributed by atoms with Gasteiger partial charge in [-0.25, -0.2) is 8.42 Å². The van der Waals surface area contributed by atoms with E-state index < -0.39 is 9.84 Å². The van der Waals surface area contributed by atoms with Gasteiger partial charge in [0.1, 0.15) is 9.84 Å². The Labute approximate surface area is 104 Å². The molecule has 0 aromatic rings. The number of rotatable bonds is 3. The number of hydrogen-bond acceptors (Lipinski definition) is 4. The Morgan fingerprint density at radius 2 is 1.94 bits per heavy atom. The van der Waals surface area contributed by atoms with Crippen LogP contribution in [0.1, 0.15) is 38.5 Å². The molecule has 4 nitrogen and oxygen atoms in total. The zero-order valence-electron chi connectivity index (χ0n) is 10.3. The summed E-state index contributed by atoms with van der Waals surface area (Å²) in [6, 6.07) is 0. The second-order valence-corrected chi connectivity index (χ2v) is 7.93. The molecule has 2 aliphatic rings. The molecule has 2 heterocycles. The molecule has 2 fully saturated rings. The van der Waals surface area contributed by atoms with Gasteiger partial charge in [-0.2, -0.15) is 0 Å². The molecular weight excluding hydrogens is 238 g/mol. The van der Waals surface area contributed by atoms with Crippen molar-refractivity contribution in [2.45, 2.75) is 44.1 Å². The maximum atomic E-state index is 11.4. The number of piperidine rings is 1. The molecule has 0 aromatic carbocycles. The maximum absolute atomic E-state index is 11.4. The predicted molar refractivity (Wildman–Crippen MR) is 67.7 cm³/mol. The molecule has 2 rings (SSSR count). The fraction of sp³-hybridized carbons (Fsp3) is 1.00. The Hall–Kier alpha value is -0.130. The van der Waals surface area contributed by atoms with E-state index in [1.54, 1.807) is 0 Å². The minimum absolute atomic E-state index is 0.135. The second kappa shape index (κ2) is 5.24. The van der Waals surface area contributed by atoms with Gasteiger partial charge in [0.15, 0.2) is 0 Å². The Bertz CT molecular complexity index is 333. The van der Waals surface area contributed by atoms with Crippen molar-refractivity contribution in [3.8, 4) is 0 Å². The van der Waals surface area contributed by atoms with Gasteiger partial charge in [0.25, 0.3) is 0 Å². The van der Waals surface area contributed by atoms with E-state index in [9.17, 15) is 13.5 Å². The van der Waals surface area contributed by atoms with Gasteiger partial charge in [-0.15, -0.1) is 0 Å². The molecule has 0 aliphatic carbocycles. The molecular formula is C12H23NO3S. The summed E-state index contributed by atoms with van der Waals surface area (Å²) in [6.07, 6.45) is 5.84. The molecule has 5 heteroatoms. The molecule has 100 valence electrons. The summed E-state index contributed by atoms with van der Waals surface area (Å²) in [4.78, 5) is 0. The number of sulfone groups is 1. The quantitative estimate of drug-likeness (QED) is 0.785. The fourth-order valence-corrected chi connectivity index (χ4v) is 4.69. The van der Waals surface area contributed by atoms with Gasteiger partial charge in [0.2, 0.25) is 0 Å². The lowest BCUT2D eigenvalue weighted by molar-refractivity contribution is 0.104. The highest BCUT2D eigenvalue weighted by atomic mass is 32.2. The molecule has 1 atom stereocenters. The molecule has 0 aromatic heterocycles. The van der Waals surface area contributed by atoms with Gasteiger partial charge >= 0.3 is 0 Å². The average Bonchev–Trinajstić information content (AvgIpc) is 2.33. The lowest BCUT2D eigenvalue weighted by Gasteiger charge is -2.40. The van der Waals surface area contributed by atoms with Crippen LogP contribution in [0.2, 0.25) is 0 Å².